The Bertz CT molecular complexity index is 1020. The SMILES string of the molecule is O=CC1CC(NC2CCCc3cc(OCc4ccc(-c5ccccc5)cc4)ccc32)C1. The van der Waals surface area contributed by atoms with Gasteiger partial charge in [-0.05, 0) is 72.1 Å². The lowest BCUT2D eigenvalue weighted by Gasteiger charge is -2.37. The van der Waals surface area contributed by atoms with Gasteiger partial charge in [0.25, 0.3) is 0 Å². The molecule has 5 rings (SSSR count). The second kappa shape index (κ2) is 9.07. The van der Waals surface area contributed by atoms with Crippen molar-refractivity contribution in [3.63, 3.8) is 0 Å². The molecule has 0 spiro atoms. The van der Waals surface area contributed by atoms with Crippen molar-refractivity contribution in [1.82, 2.24) is 5.32 Å². The van der Waals surface area contributed by atoms with Crippen molar-refractivity contribution in [2.45, 2.75) is 50.8 Å². The molecule has 0 radical (unpaired) electrons. The zero-order chi connectivity index (χ0) is 21.0. The largest absolute Gasteiger partial charge is 0.489 e. The Balaban J connectivity index is 1.20. The van der Waals surface area contributed by atoms with Gasteiger partial charge >= 0.3 is 0 Å². The zero-order valence-electron chi connectivity index (χ0n) is 17.8. The summed E-state index contributed by atoms with van der Waals surface area (Å²) in [7, 11) is 0. The topological polar surface area (TPSA) is 38.3 Å². The van der Waals surface area contributed by atoms with Crippen molar-refractivity contribution in [2.75, 3.05) is 0 Å². The predicted molar refractivity (Wildman–Crippen MR) is 124 cm³/mol. The van der Waals surface area contributed by atoms with Crippen LogP contribution >= 0.6 is 0 Å². The van der Waals surface area contributed by atoms with Gasteiger partial charge < -0.3 is 14.8 Å². The molecule has 1 unspecified atom stereocenters. The van der Waals surface area contributed by atoms with E-state index in [1.807, 2.05) is 6.07 Å². The maximum absolute atomic E-state index is 10.9. The van der Waals surface area contributed by atoms with Crippen LogP contribution in [0.15, 0.2) is 72.8 Å². The molecule has 0 heterocycles. The Kier molecular flexibility index (Phi) is 5.86. The van der Waals surface area contributed by atoms with Crippen LogP contribution in [0.4, 0.5) is 0 Å². The van der Waals surface area contributed by atoms with Gasteiger partial charge in [0.1, 0.15) is 18.6 Å². The number of ether oxygens (including phenoxy) is 1. The average molecular weight is 412 g/mol. The van der Waals surface area contributed by atoms with Gasteiger partial charge in [-0.2, -0.15) is 0 Å². The molecule has 3 aromatic rings. The van der Waals surface area contributed by atoms with Crippen LogP contribution in [0, 0.1) is 5.92 Å². The minimum absolute atomic E-state index is 0.262. The molecule has 3 nitrogen and oxygen atoms in total. The first-order chi connectivity index (χ1) is 15.3. The average Bonchev–Trinajstić information content (AvgIpc) is 2.80. The molecule has 158 valence electrons. The smallest absolute Gasteiger partial charge is 0.123 e. The van der Waals surface area contributed by atoms with E-state index in [0.29, 0.717) is 18.7 Å². The lowest BCUT2D eigenvalue weighted by molar-refractivity contribution is -0.113. The van der Waals surface area contributed by atoms with Gasteiger partial charge in [0, 0.05) is 18.0 Å². The van der Waals surface area contributed by atoms with Gasteiger partial charge in [0.05, 0.1) is 0 Å². The van der Waals surface area contributed by atoms with Gasteiger partial charge in [-0.3, -0.25) is 0 Å². The number of hydrogen-bond acceptors (Lipinski definition) is 3. The van der Waals surface area contributed by atoms with E-state index in [1.54, 1.807) is 0 Å². The lowest BCUT2D eigenvalue weighted by Crippen LogP contribution is -2.44. The quantitative estimate of drug-likeness (QED) is 0.494. The molecule has 31 heavy (non-hydrogen) atoms. The fourth-order valence-electron chi connectivity index (χ4n) is 4.84. The normalized spacial score (nSPS) is 22.3. The number of fused-ring (bicyclic) bond motifs is 1. The first-order valence-corrected chi connectivity index (χ1v) is 11.4. The van der Waals surface area contributed by atoms with Crippen molar-refractivity contribution < 1.29 is 9.53 Å². The Morgan fingerprint density at radius 2 is 1.71 bits per heavy atom. The van der Waals surface area contributed by atoms with Crippen LogP contribution in [0.1, 0.15) is 48.4 Å². The van der Waals surface area contributed by atoms with E-state index in [2.05, 4.69) is 72.0 Å². The molecule has 0 aliphatic heterocycles. The highest BCUT2D eigenvalue weighted by Gasteiger charge is 2.31. The highest BCUT2D eigenvalue weighted by atomic mass is 16.5. The Labute approximate surface area is 184 Å². The summed E-state index contributed by atoms with van der Waals surface area (Å²) in [6.45, 7) is 0.574. The maximum atomic E-state index is 10.9. The van der Waals surface area contributed by atoms with Crippen LogP contribution < -0.4 is 10.1 Å². The number of carbonyl (C=O) groups is 1. The fourth-order valence-corrected chi connectivity index (χ4v) is 4.84. The van der Waals surface area contributed by atoms with Crippen LogP contribution in [0.25, 0.3) is 11.1 Å². The number of carbonyl (C=O) groups excluding carboxylic acids is 1. The lowest BCUT2D eigenvalue weighted by atomic mass is 9.79. The van der Waals surface area contributed by atoms with Crippen LogP contribution in [0.3, 0.4) is 0 Å². The van der Waals surface area contributed by atoms with E-state index in [0.717, 1.165) is 31.3 Å². The minimum atomic E-state index is 0.262. The summed E-state index contributed by atoms with van der Waals surface area (Å²) >= 11 is 0. The number of hydrogen-bond donors (Lipinski definition) is 1. The Morgan fingerprint density at radius 1 is 0.935 bits per heavy atom. The van der Waals surface area contributed by atoms with E-state index < -0.39 is 0 Å². The van der Waals surface area contributed by atoms with E-state index >= 15 is 0 Å². The molecular weight excluding hydrogens is 382 g/mol. The Hall–Kier alpha value is -2.91. The second-order valence-electron chi connectivity index (χ2n) is 8.89. The molecule has 0 aromatic heterocycles. The number of aryl methyl sites for hydroxylation is 1. The first-order valence-electron chi connectivity index (χ1n) is 11.4. The van der Waals surface area contributed by atoms with Crippen LogP contribution in [0.5, 0.6) is 5.75 Å². The third-order valence-corrected chi connectivity index (χ3v) is 6.70. The molecule has 3 aromatic carbocycles. The summed E-state index contributed by atoms with van der Waals surface area (Å²) in [5, 5.41) is 3.77. The van der Waals surface area contributed by atoms with E-state index in [9.17, 15) is 4.79 Å². The van der Waals surface area contributed by atoms with Crippen molar-refractivity contribution in [3.05, 3.63) is 89.5 Å². The van der Waals surface area contributed by atoms with Crippen LogP contribution in [0.2, 0.25) is 0 Å². The fraction of sp³-hybridized carbons (Fsp3) is 0.321. The van der Waals surface area contributed by atoms with Crippen molar-refractivity contribution >= 4 is 6.29 Å². The van der Waals surface area contributed by atoms with E-state index in [4.69, 9.17) is 4.74 Å². The highest BCUT2D eigenvalue weighted by molar-refractivity contribution is 5.63. The molecule has 2 aliphatic carbocycles. The summed E-state index contributed by atoms with van der Waals surface area (Å²) < 4.78 is 6.12. The molecule has 0 saturated heterocycles. The molecule has 2 aliphatic rings. The molecule has 1 N–H and O–H groups in total. The molecular formula is C28H29NO2. The Morgan fingerprint density at radius 3 is 2.48 bits per heavy atom. The molecule has 1 fully saturated rings. The molecule has 1 atom stereocenters. The van der Waals surface area contributed by atoms with Crippen molar-refractivity contribution in [3.8, 4) is 16.9 Å². The summed E-state index contributed by atoms with van der Waals surface area (Å²) in [4.78, 5) is 10.9. The summed E-state index contributed by atoms with van der Waals surface area (Å²) in [6, 6.07) is 26.5. The van der Waals surface area contributed by atoms with Crippen molar-refractivity contribution in [2.24, 2.45) is 5.92 Å². The zero-order valence-corrected chi connectivity index (χ0v) is 17.8. The third kappa shape index (κ3) is 4.57. The van der Waals surface area contributed by atoms with E-state index in [-0.39, 0.29) is 5.92 Å². The first kappa shape index (κ1) is 20.0. The van der Waals surface area contributed by atoms with Gasteiger partial charge in [-0.25, -0.2) is 0 Å². The summed E-state index contributed by atoms with van der Waals surface area (Å²) in [5.74, 6) is 1.20. The number of nitrogens with one attached hydrogen (secondary N) is 1. The molecule has 3 heteroatoms. The minimum Gasteiger partial charge on any atom is -0.489 e. The van der Waals surface area contributed by atoms with Gasteiger partial charge in [-0.1, -0.05) is 60.7 Å². The third-order valence-electron chi connectivity index (χ3n) is 6.70. The summed E-state index contributed by atoms with van der Waals surface area (Å²) in [5.41, 5.74) is 6.43. The maximum Gasteiger partial charge on any atom is 0.123 e. The van der Waals surface area contributed by atoms with Gasteiger partial charge in [0.2, 0.25) is 0 Å². The van der Waals surface area contributed by atoms with Crippen LogP contribution in [-0.2, 0) is 17.8 Å². The van der Waals surface area contributed by atoms with Gasteiger partial charge in [-0.15, -0.1) is 0 Å². The molecule has 1 saturated carbocycles. The number of benzene rings is 3. The van der Waals surface area contributed by atoms with Crippen LogP contribution in [-0.4, -0.2) is 12.3 Å². The molecule has 0 bridgehead atoms. The van der Waals surface area contributed by atoms with Crippen molar-refractivity contribution in [1.29, 1.82) is 0 Å². The van der Waals surface area contributed by atoms with Gasteiger partial charge in [0.15, 0.2) is 0 Å². The monoisotopic (exact) mass is 411 g/mol. The number of aldehydes is 1. The highest BCUT2D eigenvalue weighted by Crippen LogP contribution is 2.35. The standard InChI is InChI=1S/C28H29NO2/c30-18-21-15-25(16-21)29-28-8-4-7-24-17-26(13-14-27(24)28)31-19-20-9-11-23(12-10-20)22-5-2-1-3-6-22/h1-3,5-6,9-14,17-18,21,25,28-29H,4,7-8,15-16,19H2. The number of rotatable bonds is 7. The predicted octanol–water partition coefficient (Wildman–Crippen LogP) is 5.88. The molecule has 0 amide bonds. The van der Waals surface area contributed by atoms with E-state index in [1.165, 1.54) is 40.7 Å². The summed E-state index contributed by atoms with van der Waals surface area (Å²) in [6.07, 6.45) is 6.55. The second-order valence-corrected chi connectivity index (χ2v) is 8.89.